The fourth-order valence-corrected chi connectivity index (χ4v) is 3.56. The molecule has 0 saturated heterocycles. The normalized spacial score (nSPS) is 10.3. The zero-order valence-electron chi connectivity index (χ0n) is 24.5. The second-order valence-electron chi connectivity index (χ2n) is 8.52. The van der Waals surface area contributed by atoms with Gasteiger partial charge in [-0.2, -0.15) is 26.3 Å². The van der Waals surface area contributed by atoms with Crippen molar-refractivity contribution in [2.75, 3.05) is 0 Å². The fourth-order valence-electron chi connectivity index (χ4n) is 3.04. The van der Waals surface area contributed by atoms with Gasteiger partial charge in [-0.05, 0) is 0 Å². The topological polar surface area (TPSA) is 159 Å². The monoisotopic (exact) mass is 814 g/mol. The molecule has 0 bridgehead atoms. The Bertz CT molecular complexity index is 1670. The van der Waals surface area contributed by atoms with Crippen LogP contribution in [0.15, 0.2) is 103 Å². The number of hydrogen-bond donors (Lipinski definition) is 3. The summed E-state index contributed by atoms with van der Waals surface area (Å²) in [5.74, 6) is -2.03. The molecular formula is C30H23Br2F6N4NaO5. The van der Waals surface area contributed by atoms with Gasteiger partial charge >= 0.3 is 47.9 Å². The molecule has 5 rings (SSSR count). The number of H-pyrrole nitrogens is 2. The summed E-state index contributed by atoms with van der Waals surface area (Å²) in [6, 6.07) is 27.1. The Balaban J connectivity index is 0.000000626. The predicted molar refractivity (Wildman–Crippen MR) is 166 cm³/mol. The van der Waals surface area contributed by atoms with Crippen LogP contribution in [0.25, 0.3) is 22.8 Å². The second-order valence-corrected chi connectivity index (χ2v) is 11.6. The summed E-state index contributed by atoms with van der Waals surface area (Å²) in [4.78, 5) is 43.1. The van der Waals surface area contributed by atoms with Crippen LogP contribution in [0.5, 0.6) is 0 Å². The zero-order chi connectivity index (χ0) is 34.3. The number of carbonyl (C=O) groups is 3. The van der Waals surface area contributed by atoms with Gasteiger partial charge in [-0.15, -0.1) is 0 Å². The minimum Gasteiger partial charge on any atom is -0.870 e. The Morgan fingerprint density at radius 1 is 0.729 bits per heavy atom. The Kier molecular flexibility index (Phi) is 19.8. The maximum Gasteiger partial charge on any atom is 1.00 e. The maximum atomic E-state index is 12.2. The zero-order valence-corrected chi connectivity index (χ0v) is 29.7. The van der Waals surface area contributed by atoms with Gasteiger partial charge in [-0.25, -0.2) is 14.8 Å². The average Bonchev–Trinajstić information content (AvgIpc) is 3.74. The van der Waals surface area contributed by atoms with E-state index in [1.54, 1.807) is 42.5 Å². The van der Waals surface area contributed by atoms with Gasteiger partial charge in [0, 0.05) is 16.7 Å². The molecule has 3 aromatic carbocycles. The van der Waals surface area contributed by atoms with Gasteiger partial charge in [0.05, 0.1) is 12.4 Å². The van der Waals surface area contributed by atoms with Crippen molar-refractivity contribution < 1.29 is 80.9 Å². The van der Waals surface area contributed by atoms with Gasteiger partial charge in [0.2, 0.25) is 0 Å². The van der Waals surface area contributed by atoms with E-state index >= 15 is 0 Å². The predicted octanol–water partition coefficient (Wildman–Crippen LogP) is 5.43. The molecule has 0 atom stereocenters. The number of imidazole rings is 2. The number of carbonyl (C=O) groups excluding carboxylic acids is 2. The number of carboxylic acid groups (broad SMARTS) is 1. The number of carboxylic acids is 1. The standard InChI is InChI=1S/C10H7F3N2.C10H8N2O2.C7H6O.C3HBr2F3O.Na.H2O/c11-10(12,13)8-6-14-9(15-8)7-4-2-1-3-5-7;13-10(14)8-6-11-9(12-8)7-4-2-1-3-5-7;8-6-7-4-2-1-3-5-7;4-2(5)1(9)3(6,7)8;;/h1-6H,(H,14,15);1-6H,(H,11,12)(H,13,14);1-6H;2H;;1H2/q;;;;+1;/p-1. The van der Waals surface area contributed by atoms with Gasteiger partial charge in [-0.1, -0.05) is 123 Å². The molecule has 0 aliphatic carbocycles. The largest absolute Gasteiger partial charge is 1.00 e. The summed E-state index contributed by atoms with van der Waals surface area (Å²) < 4.78 is 69.3. The van der Waals surface area contributed by atoms with Crippen molar-refractivity contribution in [1.82, 2.24) is 19.9 Å². The third-order valence-corrected chi connectivity index (χ3v) is 6.03. The minimum absolute atomic E-state index is 0. The van der Waals surface area contributed by atoms with Crippen LogP contribution in [-0.2, 0) is 11.0 Å². The van der Waals surface area contributed by atoms with Crippen LogP contribution in [0.1, 0.15) is 26.5 Å². The molecule has 0 spiro atoms. The quantitative estimate of drug-likeness (QED) is 0.0924. The van der Waals surface area contributed by atoms with E-state index in [4.69, 9.17) is 5.11 Å². The molecule has 0 aliphatic rings. The van der Waals surface area contributed by atoms with Crippen LogP contribution in [0.3, 0.4) is 0 Å². The number of hydrogen-bond acceptors (Lipinski definition) is 6. The van der Waals surface area contributed by atoms with Crippen LogP contribution >= 0.6 is 31.9 Å². The van der Waals surface area contributed by atoms with E-state index in [-0.39, 0.29) is 46.6 Å². The molecule has 0 unspecified atom stereocenters. The van der Waals surface area contributed by atoms with E-state index in [2.05, 4.69) is 51.8 Å². The molecule has 0 aliphatic heterocycles. The molecule has 4 N–H and O–H groups in total. The minimum atomic E-state index is -4.75. The van der Waals surface area contributed by atoms with Gasteiger partial charge in [0.1, 0.15) is 33.1 Å². The average molecular weight is 816 g/mol. The van der Waals surface area contributed by atoms with E-state index in [1.165, 1.54) is 6.20 Å². The number of alkyl halides is 8. The van der Waals surface area contributed by atoms with Crippen LogP contribution in [-0.4, -0.2) is 58.5 Å². The maximum absolute atomic E-state index is 12.2. The van der Waals surface area contributed by atoms with Gasteiger partial charge < -0.3 is 20.6 Å². The summed E-state index contributed by atoms with van der Waals surface area (Å²) in [6.45, 7) is 0. The number of aromatic amines is 2. The first-order valence-electron chi connectivity index (χ1n) is 12.5. The molecule has 48 heavy (non-hydrogen) atoms. The number of halogens is 8. The van der Waals surface area contributed by atoms with Crippen LogP contribution in [0, 0.1) is 0 Å². The van der Waals surface area contributed by atoms with Crippen molar-refractivity contribution in [3.05, 3.63) is 120 Å². The summed E-state index contributed by atoms with van der Waals surface area (Å²) in [6.07, 6.45) is -6.19. The molecule has 18 heteroatoms. The molecule has 0 fully saturated rings. The summed E-state index contributed by atoms with van der Waals surface area (Å²) in [5.41, 5.74) is 1.51. The van der Waals surface area contributed by atoms with E-state index < -0.39 is 33.5 Å². The molecular weight excluding hydrogens is 793 g/mol. The van der Waals surface area contributed by atoms with Crippen LogP contribution < -0.4 is 29.6 Å². The molecule has 0 amide bonds. The van der Waals surface area contributed by atoms with Crippen molar-refractivity contribution in [3.8, 4) is 22.8 Å². The number of rotatable bonds is 5. The van der Waals surface area contributed by atoms with Crippen molar-refractivity contribution in [2.24, 2.45) is 0 Å². The molecule has 250 valence electrons. The van der Waals surface area contributed by atoms with Crippen LogP contribution in [0.2, 0.25) is 0 Å². The first-order chi connectivity index (χ1) is 21.6. The molecule has 5 aromatic rings. The fraction of sp³-hybridized carbons (Fsp3) is 0.100. The van der Waals surface area contributed by atoms with Gasteiger partial charge in [0.25, 0.3) is 5.78 Å². The van der Waals surface area contributed by atoms with Crippen molar-refractivity contribution in [2.45, 2.75) is 16.1 Å². The molecule has 0 saturated carbocycles. The Morgan fingerprint density at radius 3 is 1.44 bits per heavy atom. The number of aromatic carboxylic acids is 1. The third-order valence-electron chi connectivity index (χ3n) is 5.20. The first-order valence-corrected chi connectivity index (χ1v) is 14.4. The van der Waals surface area contributed by atoms with Crippen molar-refractivity contribution in [1.29, 1.82) is 0 Å². The third kappa shape index (κ3) is 15.5. The Labute approximate surface area is 308 Å². The van der Waals surface area contributed by atoms with E-state index in [1.807, 2.05) is 48.5 Å². The second kappa shape index (κ2) is 21.4. The van der Waals surface area contributed by atoms with E-state index in [0.29, 0.717) is 11.4 Å². The molecule has 2 heterocycles. The summed E-state index contributed by atoms with van der Waals surface area (Å²) in [7, 11) is 0. The van der Waals surface area contributed by atoms with Crippen LogP contribution in [0.4, 0.5) is 26.3 Å². The number of aromatic nitrogens is 4. The van der Waals surface area contributed by atoms with E-state index in [0.717, 1.165) is 23.6 Å². The number of ketones is 1. The summed E-state index contributed by atoms with van der Waals surface area (Å²) in [5, 5.41) is 8.67. The number of nitrogens with one attached hydrogen (secondary N) is 2. The Morgan fingerprint density at radius 2 is 1.15 bits per heavy atom. The van der Waals surface area contributed by atoms with Gasteiger partial charge in [-0.3, -0.25) is 9.59 Å². The van der Waals surface area contributed by atoms with Crippen molar-refractivity contribution >= 4 is 49.9 Å². The smallest absolute Gasteiger partial charge is 0.870 e. The molecule has 2 aromatic heterocycles. The van der Waals surface area contributed by atoms with E-state index in [9.17, 15) is 40.7 Å². The number of Topliss-reactive ketones (excluding diaryl/α,β-unsaturated/α-hetero) is 1. The Hall–Kier alpha value is -3.61. The SMILES string of the molecule is FC(F)(F)c1cnc(-c2ccccc2)[nH]1.O=C(C(Br)Br)C(F)(F)F.O=C(O)c1cnc(-c2ccccc2)[nH]1.O=Cc1ccccc1.[Na+].[OH-]. The molecule has 9 nitrogen and oxygen atoms in total. The number of aldehydes is 1. The van der Waals surface area contributed by atoms with Gasteiger partial charge in [0.15, 0.2) is 0 Å². The number of benzene rings is 3. The number of nitrogens with zero attached hydrogens (tertiary/aromatic N) is 2. The summed E-state index contributed by atoms with van der Waals surface area (Å²) >= 11 is 4.85. The first kappa shape index (κ1) is 44.4. The molecule has 0 radical (unpaired) electrons. The van der Waals surface area contributed by atoms with Crippen molar-refractivity contribution in [3.63, 3.8) is 0 Å².